The molecule has 0 unspecified atom stereocenters. The van der Waals surface area contributed by atoms with E-state index in [1.165, 1.54) is 5.56 Å². The van der Waals surface area contributed by atoms with Gasteiger partial charge in [0, 0.05) is 49.9 Å². The number of aromatic nitrogens is 2. The van der Waals surface area contributed by atoms with E-state index in [1.807, 2.05) is 36.4 Å². The number of benzene rings is 1. The molecule has 1 aliphatic rings. The molecule has 2 aromatic rings. The standard InChI is InChI=1S/C22H30N4O2/c1-22(2,3)21(28)26-11-8-19(9-12-26)20(27)24-14-17-4-6-18(7-5-17)15-25-13-10-23-16-25/h4-7,10,13,16,19H,8-9,11-12,14-15H2,1-3H3,(H,24,27). The Morgan fingerprint density at radius 3 is 2.32 bits per heavy atom. The second-order valence-electron chi connectivity index (χ2n) is 8.59. The molecule has 1 aromatic heterocycles. The SMILES string of the molecule is CC(C)(C)C(=O)N1CCC(C(=O)NCc2ccc(Cn3ccnc3)cc2)CC1. The van der Waals surface area contributed by atoms with Crippen LogP contribution in [0, 0.1) is 11.3 Å². The number of amides is 2. The van der Waals surface area contributed by atoms with Crippen LogP contribution in [0.4, 0.5) is 0 Å². The van der Waals surface area contributed by atoms with Crippen LogP contribution in [0.5, 0.6) is 0 Å². The van der Waals surface area contributed by atoms with E-state index in [4.69, 9.17) is 0 Å². The number of hydrogen-bond acceptors (Lipinski definition) is 3. The van der Waals surface area contributed by atoms with Gasteiger partial charge in [-0.3, -0.25) is 9.59 Å². The molecule has 6 heteroatoms. The Balaban J connectivity index is 1.44. The van der Waals surface area contributed by atoms with Gasteiger partial charge in [0.05, 0.1) is 6.33 Å². The summed E-state index contributed by atoms with van der Waals surface area (Å²) >= 11 is 0. The number of likely N-dealkylation sites (tertiary alicyclic amines) is 1. The summed E-state index contributed by atoms with van der Waals surface area (Å²) in [6, 6.07) is 8.27. The first kappa shape index (κ1) is 20.1. The van der Waals surface area contributed by atoms with Crippen LogP contribution in [0.25, 0.3) is 0 Å². The average Bonchev–Trinajstić information content (AvgIpc) is 3.19. The van der Waals surface area contributed by atoms with Gasteiger partial charge in [-0.2, -0.15) is 0 Å². The topological polar surface area (TPSA) is 67.2 Å². The molecule has 1 aromatic carbocycles. The van der Waals surface area contributed by atoms with Crippen molar-refractivity contribution >= 4 is 11.8 Å². The lowest BCUT2D eigenvalue weighted by Crippen LogP contribution is -2.46. The van der Waals surface area contributed by atoms with Crippen molar-refractivity contribution in [3.8, 4) is 0 Å². The summed E-state index contributed by atoms with van der Waals surface area (Å²) in [5.74, 6) is 0.247. The minimum atomic E-state index is -0.362. The molecule has 150 valence electrons. The Bertz CT molecular complexity index is 783. The highest BCUT2D eigenvalue weighted by Crippen LogP contribution is 2.23. The van der Waals surface area contributed by atoms with Crippen molar-refractivity contribution in [2.45, 2.75) is 46.7 Å². The molecule has 28 heavy (non-hydrogen) atoms. The zero-order valence-corrected chi connectivity index (χ0v) is 17.0. The van der Waals surface area contributed by atoms with Gasteiger partial charge in [0.25, 0.3) is 0 Å². The number of imidazole rings is 1. The third-order valence-electron chi connectivity index (χ3n) is 5.21. The quantitative estimate of drug-likeness (QED) is 0.865. The van der Waals surface area contributed by atoms with E-state index in [0.29, 0.717) is 19.6 Å². The summed E-state index contributed by atoms with van der Waals surface area (Å²) in [4.78, 5) is 30.8. The Morgan fingerprint density at radius 2 is 1.75 bits per heavy atom. The van der Waals surface area contributed by atoms with Crippen LogP contribution < -0.4 is 5.32 Å². The molecular weight excluding hydrogens is 352 g/mol. The van der Waals surface area contributed by atoms with Crippen LogP contribution in [-0.2, 0) is 22.7 Å². The van der Waals surface area contributed by atoms with E-state index in [2.05, 4.69) is 34.6 Å². The molecule has 1 N–H and O–H groups in total. The van der Waals surface area contributed by atoms with Crippen LogP contribution in [0.2, 0.25) is 0 Å². The molecule has 1 aliphatic heterocycles. The average molecular weight is 383 g/mol. The number of hydrogen-bond donors (Lipinski definition) is 1. The van der Waals surface area contributed by atoms with Gasteiger partial charge in [-0.1, -0.05) is 45.0 Å². The predicted octanol–water partition coefficient (Wildman–Crippen LogP) is 2.83. The number of nitrogens with zero attached hydrogens (tertiary/aromatic N) is 3. The molecule has 2 amide bonds. The fourth-order valence-electron chi connectivity index (χ4n) is 3.51. The first-order chi connectivity index (χ1) is 13.3. The lowest BCUT2D eigenvalue weighted by molar-refractivity contribution is -0.142. The summed E-state index contributed by atoms with van der Waals surface area (Å²) in [5.41, 5.74) is 1.92. The highest BCUT2D eigenvalue weighted by molar-refractivity contribution is 5.82. The van der Waals surface area contributed by atoms with Crippen LogP contribution in [0.15, 0.2) is 43.0 Å². The summed E-state index contributed by atoms with van der Waals surface area (Å²) in [5, 5.41) is 3.05. The van der Waals surface area contributed by atoms with Crippen molar-refractivity contribution in [3.05, 3.63) is 54.1 Å². The van der Waals surface area contributed by atoms with Gasteiger partial charge >= 0.3 is 0 Å². The van der Waals surface area contributed by atoms with Crippen LogP contribution in [0.1, 0.15) is 44.7 Å². The zero-order valence-electron chi connectivity index (χ0n) is 17.0. The summed E-state index contributed by atoms with van der Waals surface area (Å²) < 4.78 is 2.02. The van der Waals surface area contributed by atoms with E-state index in [1.54, 1.807) is 12.5 Å². The third-order valence-corrected chi connectivity index (χ3v) is 5.21. The molecule has 0 radical (unpaired) electrons. The normalized spacial score (nSPS) is 15.5. The highest BCUT2D eigenvalue weighted by Gasteiger charge is 2.32. The Kier molecular flexibility index (Phi) is 6.17. The van der Waals surface area contributed by atoms with Crippen molar-refractivity contribution in [1.29, 1.82) is 0 Å². The highest BCUT2D eigenvalue weighted by atomic mass is 16.2. The van der Waals surface area contributed by atoms with Crippen molar-refractivity contribution in [1.82, 2.24) is 19.8 Å². The maximum Gasteiger partial charge on any atom is 0.227 e. The maximum absolute atomic E-state index is 12.5. The van der Waals surface area contributed by atoms with E-state index >= 15 is 0 Å². The summed E-state index contributed by atoms with van der Waals surface area (Å²) in [6.07, 6.45) is 6.98. The lowest BCUT2D eigenvalue weighted by atomic mass is 9.90. The molecule has 1 fully saturated rings. The molecule has 3 rings (SSSR count). The first-order valence-electron chi connectivity index (χ1n) is 9.93. The number of carbonyl (C=O) groups excluding carboxylic acids is 2. The number of nitrogens with one attached hydrogen (secondary N) is 1. The maximum atomic E-state index is 12.5. The van der Waals surface area contributed by atoms with Gasteiger partial charge in [0.15, 0.2) is 0 Å². The number of piperidine rings is 1. The van der Waals surface area contributed by atoms with E-state index in [9.17, 15) is 9.59 Å². The third kappa shape index (κ3) is 5.21. The fraction of sp³-hybridized carbons (Fsp3) is 0.500. The second kappa shape index (κ2) is 8.59. The fourth-order valence-corrected chi connectivity index (χ4v) is 3.51. The Hall–Kier alpha value is -2.63. The van der Waals surface area contributed by atoms with Gasteiger partial charge < -0.3 is 14.8 Å². The molecule has 0 aliphatic carbocycles. The minimum absolute atomic E-state index is 0.00969. The molecule has 0 spiro atoms. The van der Waals surface area contributed by atoms with Crippen molar-refractivity contribution in [3.63, 3.8) is 0 Å². The van der Waals surface area contributed by atoms with E-state index in [-0.39, 0.29) is 23.1 Å². The zero-order chi connectivity index (χ0) is 20.1. The van der Waals surface area contributed by atoms with E-state index < -0.39 is 0 Å². The Morgan fingerprint density at radius 1 is 1.11 bits per heavy atom. The van der Waals surface area contributed by atoms with E-state index in [0.717, 1.165) is 24.9 Å². The van der Waals surface area contributed by atoms with Gasteiger partial charge in [0.2, 0.25) is 11.8 Å². The number of rotatable bonds is 5. The van der Waals surface area contributed by atoms with Crippen LogP contribution in [-0.4, -0.2) is 39.4 Å². The monoisotopic (exact) mass is 382 g/mol. The van der Waals surface area contributed by atoms with Crippen LogP contribution in [0.3, 0.4) is 0 Å². The smallest absolute Gasteiger partial charge is 0.227 e. The van der Waals surface area contributed by atoms with Gasteiger partial charge in [-0.05, 0) is 24.0 Å². The van der Waals surface area contributed by atoms with Crippen molar-refractivity contribution < 1.29 is 9.59 Å². The molecule has 0 bridgehead atoms. The largest absolute Gasteiger partial charge is 0.352 e. The predicted molar refractivity (Wildman–Crippen MR) is 108 cm³/mol. The molecule has 0 saturated carbocycles. The molecule has 0 atom stereocenters. The van der Waals surface area contributed by atoms with Gasteiger partial charge in [-0.15, -0.1) is 0 Å². The summed E-state index contributed by atoms with van der Waals surface area (Å²) in [6.45, 7) is 8.47. The number of carbonyl (C=O) groups is 2. The van der Waals surface area contributed by atoms with Crippen LogP contribution >= 0.6 is 0 Å². The summed E-state index contributed by atoms with van der Waals surface area (Å²) in [7, 11) is 0. The van der Waals surface area contributed by atoms with Crippen molar-refractivity contribution in [2.75, 3.05) is 13.1 Å². The van der Waals surface area contributed by atoms with Crippen molar-refractivity contribution in [2.24, 2.45) is 11.3 Å². The Labute approximate surface area is 166 Å². The molecule has 1 saturated heterocycles. The molecule has 2 heterocycles. The molecular formula is C22H30N4O2. The second-order valence-corrected chi connectivity index (χ2v) is 8.59. The van der Waals surface area contributed by atoms with Gasteiger partial charge in [0.1, 0.15) is 0 Å². The van der Waals surface area contributed by atoms with Gasteiger partial charge in [-0.25, -0.2) is 4.98 Å². The lowest BCUT2D eigenvalue weighted by Gasteiger charge is -2.35. The first-order valence-corrected chi connectivity index (χ1v) is 9.93. The minimum Gasteiger partial charge on any atom is -0.352 e. The molecule has 6 nitrogen and oxygen atoms in total.